The normalized spacial score (nSPS) is 13.3. The van der Waals surface area contributed by atoms with Crippen LogP contribution in [0.1, 0.15) is 28.4 Å². The van der Waals surface area contributed by atoms with Gasteiger partial charge in [-0.25, -0.2) is 4.98 Å². The summed E-state index contributed by atoms with van der Waals surface area (Å²) < 4.78 is 0. The molecule has 0 aliphatic rings. The Morgan fingerprint density at radius 3 is 2.69 bits per heavy atom. The molecule has 0 aliphatic carbocycles. The number of thiazole rings is 1. The molecular formula is C20H23N3OS2. The van der Waals surface area contributed by atoms with Gasteiger partial charge in [0.2, 0.25) is 5.91 Å². The number of amides is 1. The molecule has 4 nitrogen and oxygen atoms in total. The Bertz CT molecular complexity index is 857. The van der Waals surface area contributed by atoms with E-state index >= 15 is 0 Å². The van der Waals surface area contributed by atoms with E-state index in [1.165, 1.54) is 9.75 Å². The quantitative estimate of drug-likeness (QED) is 0.641. The van der Waals surface area contributed by atoms with E-state index in [9.17, 15) is 4.79 Å². The first-order chi connectivity index (χ1) is 12.5. The van der Waals surface area contributed by atoms with Gasteiger partial charge in [-0.05, 0) is 31.0 Å². The van der Waals surface area contributed by atoms with Crippen LogP contribution in [-0.2, 0) is 11.2 Å². The van der Waals surface area contributed by atoms with Gasteiger partial charge in [0.1, 0.15) is 0 Å². The number of aryl methyl sites for hydroxylation is 1. The lowest BCUT2D eigenvalue weighted by Gasteiger charge is -2.19. The van der Waals surface area contributed by atoms with E-state index in [1.807, 2.05) is 44.2 Å². The average molecular weight is 386 g/mol. The molecule has 0 fully saturated rings. The molecule has 1 aromatic carbocycles. The molecule has 0 saturated carbocycles. The zero-order valence-electron chi connectivity index (χ0n) is 14.9. The van der Waals surface area contributed by atoms with Crippen LogP contribution in [0.3, 0.4) is 0 Å². The van der Waals surface area contributed by atoms with Gasteiger partial charge in [0.15, 0.2) is 0 Å². The van der Waals surface area contributed by atoms with Crippen molar-refractivity contribution in [1.29, 1.82) is 0 Å². The van der Waals surface area contributed by atoms with Crippen molar-refractivity contribution in [3.8, 4) is 10.6 Å². The summed E-state index contributed by atoms with van der Waals surface area (Å²) in [4.78, 5) is 19.3. The number of hydrogen-bond acceptors (Lipinski definition) is 5. The molecule has 2 unspecified atom stereocenters. The number of rotatable bonds is 7. The minimum Gasteiger partial charge on any atom is -0.355 e. The molecule has 0 aliphatic heterocycles. The third kappa shape index (κ3) is 4.58. The molecule has 136 valence electrons. The number of nitrogens with one attached hydrogen (secondary N) is 1. The van der Waals surface area contributed by atoms with Gasteiger partial charge in [-0.2, -0.15) is 0 Å². The molecular weight excluding hydrogens is 362 g/mol. The Kier molecular flexibility index (Phi) is 6.19. The predicted molar refractivity (Wildman–Crippen MR) is 109 cm³/mol. The van der Waals surface area contributed by atoms with E-state index in [1.54, 1.807) is 22.7 Å². The van der Waals surface area contributed by atoms with Crippen molar-refractivity contribution in [2.45, 2.75) is 26.3 Å². The summed E-state index contributed by atoms with van der Waals surface area (Å²) in [5.41, 5.74) is 8.25. The fourth-order valence-corrected chi connectivity index (χ4v) is 4.38. The average Bonchev–Trinajstić information content (AvgIpc) is 3.30. The molecule has 0 saturated heterocycles. The molecule has 0 spiro atoms. The second-order valence-corrected chi connectivity index (χ2v) is 8.51. The fourth-order valence-electron chi connectivity index (χ4n) is 2.72. The SMILES string of the molecule is Cc1nc(-c2ccc(CCNC(=O)C(C)C(N)c3ccccc3)s2)cs1. The second-order valence-electron chi connectivity index (χ2n) is 6.28. The van der Waals surface area contributed by atoms with Crippen LogP contribution in [0.15, 0.2) is 47.8 Å². The van der Waals surface area contributed by atoms with Crippen LogP contribution in [0.2, 0.25) is 0 Å². The van der Waals surface area contributed by atoms with E-state index < -0.39 is 0 Å². The summed E-state index contributed by atoms with van der Waals surface area (Å²) in [5, 5.41) is 6.17. The smallest absolute Gasteiger partial charge is 0.224 e. The number of nitrogens with two attached hydrogens (primary N) is 1. The zero-order valence-corrected chi connectivity index (χ0v) is 16.6. The van der Waals surface area contributed by atoms with Crippen molar-refractivity contribution in [3.63, 3.8) is 0 Å². The summed E-state index contributed by atoms with van der Waals surface area (Å²) in [5.74, 6) is -0.275. The topological polar surface area (TPSA) is 68.0 Å². The number of carbonyl (C=O) groups is 1. The molecule has 3 rings (SSSR count). The first-order valence-electron chi connectivity index (χ1n) is 8.64. The van der Waals surface area contributed by atoms with Crippen LogP contribution < -0.4 is 11.1 Å². The summed E-state index contributed by atoms with van der Waals surface area (Å²) in [6, 6.07) is 13.7. The molecule has 3 aromatic rings. The first kappa shape index (κ1) is 18.8. The van der Waals surface area contributed by atoms with E-state index in [2.05, 4.69) is 27.8 Å². The minimum absolute atomic E-state index is 0.00624. The highest BCUT2D eigenvalue weighted by Crippen LogP contribution is 2.29. The van der Waals surface area contributed by atoms with Gasteiger partial charge in [-0.3, -0.25) is 4.79 Å². The maximum absolute atomic E-state index is 12.4. The standard InChI is InChI=1S/C20H23N3OS2/c1-13(19(21)15-6-4-3-5-7-15)20(24)22-11-10-16-8-9-18(26-16)17-12-25-14(2)23-17/h3-9,12-13,19H,10-11,21H2,1-2H3,(H,22,24). The van der Waals surface area contributed by atoms with Gasteiger partial charge >= 0.3 is 0 Å². The molecule has 2 aromatic heterocycles. The van der Waals surface area contributed by atoms with Crippen LogP contribution in [0.5, 0.6) is 0 Å². The highest BCUT2D eigenvalue weighted by atomic mass is 32.1. The van der Waals surface area contributed by atoms with Crippen molar-refractivity contribution in [2.24, 2.45) is 11.7 Å². The summed E-state index contributed by atoms with van der Waals surface area (Å²) in [7, 11) is 0. The predicted octanol–water partition coefficient (Wildman–Crippen LogP) is 4.17. The maximum Gasteiger partial charge on any atom is 0.224 e. The van der Waals surface area contributed by atoms with Gasteiger partial charge in [0.25, 0.3) is 0 Å². The van der Waals surface area contributed by atoms with E-state index in [4.69, 9.17) is 5.73 Å². The van der Waals surface area contributed by atoms with Crippen molar-refractivity contribution < 1.29 is 4.79 Å². The Morgan fingerprint density at radius 2 is 2.00 bits per heavy atom. The van der Waals surface area contributed by atoms with Crippen LogP contribution >= 0.6 is 22.7 Å². The van der Waals surface area contributed by atoms with Crippen molar-refractivity contribution in [2.75, 3.05) is 6.54 Å². The van der Waals surface area contributed by atoms with Crippen LogP contribution in [0, 0.1) is 12.8 Å². The van der Waals surface area contributed by atoms with E-state index in [-0.39, 0.29) is 17.9 Å². The van der Waals surface area contributed by atoms with Crippen LogP contribution in [0.4, 0.5) is 0 Å². The number of thiophene rings is 1. The third-order valence-electron chi connectivity index (χ3n) is 4.34. The number of aromatic nitrogens is 1. The Hall–Kier alpha value is -2.02. The van der Waals surface area contributed by atoms with Gasteiger partial charge in [-0.15, -0.1) is 22.7 Å². The van der Waals surface area contributed by atoms with Crippen LogP contribution in [-0.4, -0.2) is 17.4 Å². The molecule has 0 radical (unpaired) electrons. The van der Waals surface area contributed by atoms with E-state index in [0.29, 0.717) is 6.54 Å². The van der Waals surface area contributed by atoms with Gasteiger partial charge < -0.3 is 11.1 Å². The van der Waals surface area contributed by atoms with E-state index in [0.717, 1.165) is 22.7 Å². The Morgan fingerprint density at radius 1 is 1.23 bits per heavy atom. The molecule has 0 bridgehead atoms. The number of carbonyl (C=O) groups excluding carboxylic acids is 1. The fraction of sp³-hybridized carbons (Fsp3) is 0.300. The molecule has 3 N–H and O–H groups in total. The monoisotopic (exact) mass is 385 g/mol. The zero-order chi connectivity index (χ0) is 18.5. The van der Waals surface area contributed by atoms with Gasteiger partial charge in [0.05, 0.1) is 21.5 Å². The highest BCUT2D eigenvalue weighted by molar-refractivity contribution is 7.16. The lowest BCUT2D eigenvalue weighted by molar-refractivity contribution is -0.125. The first-order valence-corrected chi connectivity index (χ1v) is 10.3. The van der Waals surface area contributed by atoms with Crippen molar-refractivity contribution >= 4 is 28.6 Å². The third-order valence-corrected chi connectivity index (χ3v) is 6.28. The summed E-state index contributed by atoms with van der Waals surface area (Å²) in [6.07, 6.45) is 0.812. The summed E-state index contributed by atoms with van der Waals surface area (Å²) in [6.45, 7) is 4.50. The lowest BCUT2D eigenvalue weighted by Crippen LogP contribution is -2.36. The second kappa shape index (κ2) is 8.58. The van der Waals surface area contributed by atoms with Gasteiger partial charge in [0, 0.05) is 22.8 Å². The molecule has 6 heteroatoms. The van der Waals surface area contributed by atoms with Crippen LogP contribution in [0.25, 0.3) is 10.6 Å². The number of benzene rings is 1. The highest BCUT2D eigenvalue weighted by Gasteiger charge is 2.21. The lowest BCUT2D eigenvalue weighted by atomic mass is 9.95. The number of hydrogen-bond donors (Lipinski definition) is 2. The molecule has 2 heterocycles. The van der Waals surface area contributed by atoms with Crippen molar-refractivity contribution in [3.05, 3.63) is 63.3 Å². The largest absolute Gasteiger partial charge is 0.355 e. The van der Waals surface area contributed by atoms with Crippen molar-refractivity contribution in [1.82, 2.24) is 10.3 Å². The molecule has 2 atom stereocenters. The Balaban J connectivity index is 1.50. The maximum atomic E-state index is 12.4. The molecule has 1 amide bonds. The Labute approximate surface area is 162 Å². The van der Waals surface area contributed by atoms with Gasteiger partial charge in [-0.1, -0.05) is 37.3 Å². The molecule has 26 heavy (non-hydrogen) atoms. The summed E-state index contributed by atoms with van der Waals surface area (Å²) >= 11 is 3.39. The number of nitrogens with zero attached hydrogens (tertiary/aromatic N) is 1. The minimum atomic E-state index is -0.294.